The van der Waals surface area contributed by atoms with Crippen LogP contribution < -0.4 is 0 Å². The lowest BCUT2D eigenvalue weighted by Gasteiger charge is -2.45. The zero-order valence-electron chi connectivity index (χ0n) is 13.2. The van der Waals surface area contributed by atoms with E-state index in [0.717, 1.165) is 38.8 Å². The number of thiazole rings is 2. The first-order valence-corrected chi connectivity index (χ1v) is 9.96. The molecule has 8 heteroatoms. The van der Waals surface area contributed by atoms with Gasteiger partial charge < -0.3 is 9.80 Å². The number of hydrogen-bond acceptors (Lipinski definition) is 6. The van der Waals surface area contributed by atoms with E-state index in [4.69, 9.17) is 0 Å². The first kappa shape index (κ1) is 15.7. The summed E-state index contributed by atoms with van der Waals surface area (Å²) >= 11 is 2.86. The second-order valence-electron chi connectivity index (χ2n) is 6.36. The fourth-order valence-electron chi connectivity index (χ4n) is 3.90. The van der Waals surface area contributed by atoms with Crippen molar-refractivity contribution in [1.29, 1.82) is 0 Å². The van der Waals surface area contributed by atoms with E-state index in [-0.39, 0.29) is 17.4 Å². The van der Waals surface area contributed by atoms with E-state index >= 15 is 0 Å². The average Bonchev–Trinajstić information content (AvgIpc) is 3.35. The Bertz CT molecular complexity index is 731. The van der Waals surface area contributed by atoms with E-state index < -0.39 is 0 Å². The molecule has 1 unspecified atom stereocenters. The Kier molecular flexibility index (Phi) is 4.09. The molecule has 4 rings (SSSR count). The van der Waals surface area contributed by atoms with E-state index in [2.05, 4.69) is 9.97 Å². The van der Waals surface area contributed by atoms with Gasteiger partial charge in [-0.1, -0.05) is 0 Å². The van der Waals surface area contributed by atoms with Crippen molar-refractivity contribution >= 4 is 34.5 Å². The Morgan fingerprint density at radius 1 is 0.958 bits per heavy atom. The number of carbonyl (C=O) groups is 2. The van der Waals surface area contributed by atoms with Crippen molar-refractivity contribution in [2.45, 2.75) is 31.2 Å². The van der Waals surface area contributed by atoms with Gasteiger partial charge >= 0.3 is 0 Å². The Morgan fingerprint density at radius 3 is 2.21 bits per heavy atom. The highest BCUT2D eigenvalue weighted by atomic mass is 32.1. The summed E-state index contributed by atoms with van der Waals surface area (Å²) in [6.45, 7) is 2.07. The van der Waals surface area contributed by atoms with E-state index in [1.54, 1.807) is 21.8 Å². The average molecular weight is 362 g/mol. The van der Waals surface area contributed by atoms with Crippen LogP contribution in [-0.4, -0.2) is 56.8 Å². The highest BCUT2D eigenvalue weighted by Gasteiger charge is 2.47. The van der Waals surface area contributed by atoms with Crippen LogP contribution in [0.1, 0.15) is 46.7 Å². The van der Waals surface area contributed by atoms with E-state index in [9.17, 15) is 9.59 Å². The number of carbonyl (C=O) groups excluding carboxylic acids is 2. The lowest BCUT2D eigenvalue weighted by molar-refractivity contribution is 0.0269. The maximum absolute atomic E-state index is 12.8. The summed E-state index contributed by atoms with van der Waals surface area (Å²) in [5.74, 6) is -0.0278. The SMILES string of the molecule is O=C(c1cscn1)N1CCCC2(CCCN2C(=O)c2cscn2)C1. The van der Waals surface area contributed by atoms with Gasteiger partial charge in [0.25, 0.3) is 11.8 Å². The molecule has 2 amide bonds. The van der Waals surface area contributed by atoms with Gasteiger partial charge in [0.2, 0.25) is 0 Å². The zero-order valence-corrected chi connectivity index (χ0v) is 14.8. The van der Waals surface area contributed by atoms with Gasteiger partial charge in [-0.2, -0.15) is 0 Å². The van der Waals surface area contributed by atoms with Crippen LogP contribution in [0.2, 0.25) is 0 Å². The molecule has 0 aliphatic carbocycles. The van der Waals surface area contributed by atoms with Gasteiger partial charge in [0.05, 0.1) is 16.6 Å². The van der Waals surface area contributed by atoms with Crippen LogP contribution in [0.15, 0.2) is 21.8 Å². The van der Waals surface area contributed by atoms with Gasteiger partial charge in [0.15, 0.2) is 0 Å². The van der Waals surface area contributed by atoms with Crippen LogP contribution >= 0.6 is 22.7 Å². The smallest absolute Gasteiger partial charge is 0.273 e. The van der Waals surface area contributed by atoms with Gasteiger partial charge in [-0.25, -0.2) is 9.97 Å². The van der Waals surface area contributed by atoms with Crippen molar-refractivity contribution in [3.05, 3.63) is 33.2 Å². The summed E-state index contributed by atoms with van der Waals surface area (Å²) in [5, 5.41) is 3.59. The van der Waals surface area contributed by atoms with E-state index in [1.807, 2.05) is 9.80 Å². The number of likely N-dealkylation sites (tertiary alicyclic amines) is 2. The molecule has 2 fully saturated rings. The fraction of sp³-hybridized carbons (Fsp3) is 0.500. The summed E-state index contributed by atoms with van der Waals surface area (Å²) < 4.78 is 0. The van der Waals surface area contributed by atoms with Crippen molar-refractivity contribution in [2.24, 2.45) is 0 Å². The highest BCUT2D eigenvalue weighted by Crippen LogP contribution is 2.38. The fourth-order valence-corrected chi connectivity index (χ4v) is 4.95. The molecule has 0 bridgehead atoms. The molecule has 24 heavy (non-hydrogen) atoms. The van der Waals surface area contributed by atoms with Crippen LogP contribution in [0.25, 0.3) is 0 Å². The van der Waals surface area contributed by atoms with Gasteiger partial charge in [-0.3, -0.25) is 9.59 Å². The molecule has 0 aromatic carbocycles. The zero-order chi connectivity index (χ0) is 16.6. The number of piperidine rings is 1. The van der Waals surface area contributed by atoms with E-state index in [1.165, 1.54) is 22.7 Å². The van der Waals surface area contributed by atoms with Gasteiger partial charge in [-0.05, 0) is 25.7 Å². The van der Waals surface area contributed by atoms with Gasteiger partial charge in [0.1, 0.15) is 11.4 Å². The summed E-state index contributed by atoms with van der Waals surface area (Å²) in [7, 11) is 0. The molecule has 126 valence electrons. The predicted molar refractivity (Wildman–Crippen MR) is 92.4 cm³/mol. The Balaban J connectivity index is 1.57. The summed E-state index contributed by atoms with van der Waals surface area (Å²) in [4.78, 5) is 37.6. The lowest BCUT2D eigenvalue weighted by Crippen LogP contribution is -2.58. The third kappa shape index (κ3) is 2.63. The number of aromatic nitrogens is 2. The first-order chi connectivity index (χ1) is 11.7. The molecule has 2 aromatic heterocycles. The molecule has 2 aliphatic heterocycles. The third-order valence-corrected chi connectivity index (χ3v) is 6.16. The molecule has 2 aromatic rings. The van der Waals surface area contributed by atoms with Crippen molar-refractivity contribution < 1.29 is 9.59 Å². The second kappa shape index (κ2) is 6.25. The highest BCUT2D eigenvalue weighted by molar-refractivity contribution is 7.08. The molecule has 4 heterocycles. The minimum atomic E-state index is -0.245. The first-order valence-electron chi connectivity index (χ1n) is 8.07. The Labute approximate surface area is 148 Å². The van der Waals surface area contributed by atoms with Crippen molar-refractivity contribution in [1.82, 2.24) is 19.8 Å². The molecule has 0 saturated carbocycles. The van der Waals surface area contributed by atoms with Crippen molar-refractivity contribution in [3.63, 3.8) is 0 Å². The minimum Gasteiger partial charge on any atom is -0.335 e. The molecule has 2 aliphatic rings. The number of rotatable bonds is 2. The van der Waals surface area contributed by atoms with Gasteiger partial charge in [0, 0.05) is 30.4 Å². The van der Waals surface area contributed by atoms with Crippen molar-refractivity contribution in [2.75, 3.05) is 19.6 Å². The monoisotopic (exact) mass is 362 g/mol. The maximum atomic E-state index is 12.8. The lowest BCUT2D eigenvalue weighted by atomic mass is 9.86. The van der Waals surface area contributed by atoms with Crippen LogP contribution in [-0.2, 0) is 0 Å². The standard InChI is InChI=1S/C16H18N4O2S2/c21-14(12-7-23-10-17-12)19-5-1-3-16(9-19)4-2-6-20(16)15(22)13-8-24-11-18-13/h7-8,10-11H,1-6,9H2. The molecule has 0 N–H and O–H groups in total. The molecule has 1 atom stereocenters. The minimum absolute atomic E-state index is 0.00305. The quantitative estimate of drug-likeness (QED) is 0.823. The molecule has 6 nitrogen and oxygen atoms in total. The van der Waals surface area contributed by atoms with Crippen LogP contribution in [0.4, 0.5) is 0 Å². The Hall–Kier alpha value is -1.80. The third-order valence-electron chi connectivity index (χ3n) is 4.99. The van der Waals surface area contributed by atoms with Crippen molar-refractivity contribution in [3.8, 4) is 0 Å². The number of amides is 2. The molecule has 1 spiro atoms. The van der Waals surface area contributed by atoms with E-state index in [0.29, 0.717) is 17.9 Å². The predicted octanol–water partition coefficient (Wildman–Crippen LogP) is 2.51. The van der Waals surface area contributed by atoms with Crippen LogP contribution in [0, 0.1) is 0 Å². The Morgan fingerprint density at radius 2 is 1.58 bits per heavy atom. The normalized spacial score (nSPS) is 23.8. The largest absolute Gasteiger partial charge is 0.335 e. The molecule has 2 saturated heterocycles. The summed E-state index contributed by atoms with van der Waals surface area (Å²) in [5.41, 5.74) is 4.15. The molecular formula is C16H18N4O2S2. The summed E-state index contributed by atoms with van der Waals surface area (Å²) in [6, 6.07) is 0. The summed E-state index contributed by atoms with van der Waals surface area (Å²) in [6.07, 6.45) is 3.79. The van der Waals surface area contributed by atoms with Crippen LogP contribution in [0.5, 0.6) is 0 Å². The number of hydrogen-bond donors (Lipinski definition) is 0. The second-order valence-corrected chi connectivity index (χ2v) is 7.80. The van der Waals surface area contributed by atoms with Crippen LogP contribution in [0.3, 0.4) is 0 Å². The molecule has 0 radical (unpaired) electrons. The maximum Gasteiger partial charge on any atom is 0.273 e. The van der Waals surface area contributed by atoms with Gasteiger partial charge in [-0.15, -0.1) is 22.7 Å². The number of nitrogens with zero attached hydrogens (tertiary/aromatic N) is 4. The topological polar surface area (TPSA) is 66.4 Å². The molecular weight excluding hydrogens is 344 g/mol.